The molecule has 11 heteroatoms. The SMILES string of the molecule is Cn1nc2cc(NS(=O)(=O)CCCC(F)F)c(C3CC3)cc2c1C(=O)Nc1ccc(Cl)cc1. The maximum absolute atomic E-state index is 13.0. The van der Waals surface area contributed by atoms with Gasteiger partial charge in [-0.3, -0.25) is 14.2 Å². The highest BCUT2D eigenvalue weighted by molar-refractivity contribution is 7.92. The molecule has 1 aliphatic rings. The fraction of sp³-hybridized carbons (Fsp3) is 0.364. The van der Waals surface area contributed by atoms with Crippen LogP contribution in [0.1, 0.15) is 47.7 Å². The number of benzene rings is 2. The molecule has 3 aromatic rings. The minimum atomic E-state index is -3.80. The number of halogens is 3. The van der Waals surface area contributed by atoms with E-state index >= 15 is 0 Å². The number of nitrogens with zero attached hydrogens (tertiary/aromatic N) is 2. The minimum Gasteiger partial charge on any atom is -0.321 e. The number of anilines is 2. The van der Waals surface area contributed by atoms with E-state index in [0.29, 0.717) is 33.0 Å². The average molecular weight is 497 g/mol. The van der Waals surface area contributed by atoms with Gasteiger partial charge in [-0.25, -0.2) is 17.2 Å². The number of hydrogen-bond donors (Lipinski definition) is 2. The van der Waals surface area contributed by atoms with Crippen LogP contribution in [0, 0.1) is 0 Å². The molecule has 176 valence electrons. The number of nitrogens with one attached hydrogen (secondary N) is 2. The molecule has 0 saturated heterocycles. The third-order valence-electron chi connectivity index (χ3n) is 5.44. The van der Waals surface area contributed by atoms with E-state index in [2.05, 4.69) is 15.1 Å². The molecule has 1 aromatic heterocycles. The van der Waals surface area contributed by atoms with Crippen molar-refractivity contribution in [3.05, 3.63) is 52.7 Å². The number of hydrogen-bond acceptors (Lipinski definition) is 4. The predicted molar refractivity (Wildman–Crippen MR) is 125 cm³/mol. The number of sulfonamides is 1. The van der Waals surface area contributed by atoms with Crippen molar-refractivity contribution in [1.29, 1.82) is 0 Å². The fourth-order valence-corrected chi connectivity index (χ4v) is 5.01. The van der Waals surface area contributed by atoms with Gasteiger partial charge >= 0.3 is 0 Å². The van der Waals surface area contributed by atoms with E-state index < -0.39 is 28.6 Å². The largest absolute Gasteiger partial charge is 0.321 e. The van der Waals surface area contributed by atoms with Gasteiger partial charge in [0, 0.05) is 29.6 Å². The minimum absolute atomic E-state index is 0.132. The molecule has 2 aromatic carbocycles. The summed E-state index contributed by atoms with van der Waals surface area (Å²) in [7, 11) is -2.16. The summed E-state index contributed by atoms with van der Waals surface area (Å²) in [6, 6.07) is 10.1. The first kappa shape index (κ1) is 23.4. The zero-order valence-corrected chi connectivity index (χ0v) is 19.4. The molecular weight excluding hydrogens is 474 g/mol. The molecule has 1 amide bonds. The molecule has 4 rings (SSSR count). The number of rotatable bonds is 9. The normalized spacial score (nSPS) is 14.1. The molecule has 33 heavy (non-hydrogen) atoms. The van der Waals surface area contributed by atoms with Crippen LogP contribution in [-0.4, -0.2) is 36.3 Å². The summed E-state index contributed by atoms with van der Waals surface area (Å²) in [6.45, 7) is 0. The Labute approximate surface area is 195 Å². The lowest BCUT2D eigenvalue weighted by molar-refractivity contribution is 0.101. The third-order valence-corrected chi connectivity index (χ3v) is 7.05. The number of alkyl halides is 2. The molecule has 0 spiro atoms. The highest BCUT2D eigenvalue weighted by Gasteiger charge is 2.30. The highest BCUT2D eigenvalue weighted by Crippen LogP contribution is 2.45. The van der Waals surface area contributed by atoms with Crippen LogP contribution in [0.5, 0.6) is 0 Å². The Morgan fingerprint density at radius 1 is 1.24 bits per heavy atom. The van der Waals surface area contributed by atoms with Crippen LogP contribution in [0.25, 0.3) is 10.9 Å². The van der Waals surface area contributed by atoms with Crippen LogP contribution in [-0.2, 0) is 17.1 Å². The first-order chi connectivity index (χ1) is 15.6. The van der Waals surface area contributed by atoms with E-state index in [4.69, 9.17) is 11.6 Å². The monoisotopic (exact) mass is 496 g/mol. The number of carbonyl (C=O) groups excluding carboxylic acids is 1. The van der Waals surface area contributed by atoms with Crippen molar-refractivity contribution < 1.29 is 22.0 Å². The molecule has 1 heterocycles. The number of amides is 1. The van der Waals surface area contributed by atoms with Gasteiger partial charge in [-0.15, -0.1) is 0 Å². The van der Waals surface area contributed by atoms with E-state index in [1.165, 1.54) is 4.68 Å². The summed E-state index contributed by atoms with van der Waals surface area (Å²) in [5.74, 6) is -0.582. The first-order valence-electron chi connectivity index (χ1n) is 10.5. The zero-order valence-electron chi connectivity index (χ0n) is 17.8. The quantitative estimate of drug-likeness (QED) is 0.429. The summed E-state index contributed by atoms with van der Waals surface area (Å²) >= 11 is 5.90. The smallest absolute Gasteiger partial charge is 0.274 e. The highest BCUT2D eigenvalue weighted by atomic mass is 35.5. The van der Waals surface area contributed by atoms with Gasteiger partial charge in [0.25, 0.3) is 5.91 Å². The van der Waals surface area contributed by atoms with Gasteiger partial charge in [0.05, 0.1) is 17.0 Å². The van der Waals surface area contributed by atoms with E-state index in [0.717, 1.165) is 18.4 Å². The lowest BCUT2D eigenvalue weighted by Gasteiger charge is -2.13. The van der Waals surface area contributed by atoms with Crippen molar-refractivity contribution in [3.63, 3.8) is 0 Å². The van der Waals surface area contributed by atoms with E-state index in [1.54, 1.807) is 43.4 Å². The maximum atomic E-state index is 13.0. The van der Waals surface area contributed by atoms with Crippen LogP contribution in [0.15, 0.2) is 36.4 Å². The summed E-state index contributed by atoms with van der Waals surface area (Å²) in [5.41, 5.74) is 2.52. The second-order valence-electron chi connectivity index (χ2n) is 8.12. The molecule has 0 bridgehead atoms. The van der Waals surface area contributed by atoms with Gasteiger partial charge in [-0.1, -0.05) is 11.6 Å². The van der Waals surface area contributed by atoms with Crippen molar-refractivity contribution >= 4 is 49.8 Å². The van der Waals surface area contributed by atoms with Crippen LogP contribution in [0.3, 0.4) is 0 Å². The number of aromatic nitrogens is 2. The third kappa shape index (κ3) is 5.62. The second-order valence-corrected chi connectivity index (χ2v) is 10.4. The topological polar surface area (TPSA) is 93.1 Å². The van der Waals surface area contributed by atoms with Crippen molar-refractivity contribution in [2.24, 2.45) is 7.05 Å². The molecular formula is C22H23ClF2N4O3S. The molecule has 0 unspecified atom stereocenters. The maximum Gasteiger partial charge on any atom is 0.274 e. The van der Waals surface area contributed by atoms with E-state index in [-0.39, 0.29) is 18.2 Å². The lowest BCUT2D eigenvalue weighted by Crippen LogP contribution is -2.18. The summed E-state index contributed by atoms with van der Waals surface area (Å²) in [6.07, 6.45) is -1.34. The van der Waals surface area contributed by atoms with Gasteiger partial charge in [-0.2, -0.15) is 5.10 Å². The fourth-order valence-electron chi connectivity index (χ4n) is 3.72. The first-order valence-corrected chi connectivity index (χ1v) is 12.5. The Morgan fingerprint density at radius 3 is 2.58 bits per heavy atom. The van der Waals surface area contributed by atoms with E-state index in [9.17, 15) is 22.0 Å². The van der Waals surface area contributed by atoms with Gasteiger partial charge in [0.15, 0.2) is 0 Å². The molecule has 2 N–H and O–H groups in total. The molecule has 1 fully saturated rings. The van der Waals surface area contributed by atoms with Crippen LogP contribution < -0.4 is 10.0 Å². The molecule has 0 radical (unpaired) electrons. The van der Waals surface area contributed by atoms with Gasteiger partial charge < -0.3 is 5.32 Å². The lowest BCUT2D eigenvalue weighted by atomic mass is 10.0. The van der Waals surface area contributed by atoms with Crippen LogP contribution in [0.2, 0.25) is 5.02 Å². The Morgan fingerprint density at radius 2 is 1.94 bits per heavy atom. The standard InChI is InChI=1S/C22H23ClF2N4O3S/c1-29-21(22(30)26-15-8-6-14(23)7-9-15)17-11-16(13-4-5-13)19(12-18(17)27-29)28-33(31,32)10-2-3-20(24)25/h6-9,11-13,20,28H,2-5,10H2,1H3,(H,26,30). The molecule has 1 aliphatic carbocycles. The van der Waals surface area contributed by atoms with Crippen molar-refractivity contribution in [1.82, 2.24) is 9.78 Å². The number of fused-ring (bicyclic) bond motifs is 1. The van der Waals surface area contributed by atoms with Gasteiger partial charge in [-0.05, 0) is 67.1 Å². The average Bonchev–Trinajstić information content (AvgIpc) is 3.51. The summed E-state index contributed by atoms with van der Waals surface area (Å²) < 4.78 is 53.7. The predicted octanol–water partition coefficient (Wildman–Crippen LogP) is 5.14. The Bertz CT molecular complexity index is 1290. The Balaban J connectivity index is 1.64. The van der Waals surface area contributed by atoms with Gasteiger partial charge in [0.1, 0.15) is 5.69 Å². The molecule has 7 nitrogen and oxygen atoms in total. The van der Waals surface area contributed by atoms with Crippen molar-refractivity contribution in [2.45, 2.75) is 38.0 Å². The van der Waals surface area contributed by atoms with Crippen molar-refractivity contribution in [3.8, 4) is 0 Å². The number of carbonyl (C=O) groups is 1. The molecule has 1 saturated carbocycles. The number of aryl methyl sites for hydroxylation is 1. The van der Waals surface area contributed by atoms with E-state index in [1.807, 2.05) is 0 Å². The summed E-state index contributed by atoms with van der Waals surface area (Å²) in [4.78, 5) is 13.0. The van der Waals surface area contributed by atoms with Crippen molar-refractivity contribution in [2.75, 3.05) is 15.8 Å². The second kappa shape index (κ2) is 9.26. The van der Waals surface area contributed by atoms with Crippen LogP contribution >= 0.6 is 11.6 Å². The van der Waals surface area contributed by atoms with Gasteiger partial charge in [0.2, 0.25) is 16.4 Å². The van der Waals surface area contributed by atoms with Crippen LogP contribution in [0.4, 0.5) is 20.2 Å². The summed E-state index contributed by atoms with van der Waals surface area (Å²) in [5, 5.41) is 8.37. The Kier molecular flexibility index (Phi) is 6.58. The Hall–Kier alpha value is -2.72. The molecule has 0 aliphatic heterocycles. The zero-order chi connectivity index (χ0) is 23.8. The molecule has 0 atom stereocenters.